The van der Waals surface area contributed by atoms with Crippen LogP contribution in [0.3, 0.4) is 0 Å². The van der Waals surface area contributed by atoms with E-state index in [2.05, 4.69) is 14.8 Å². The summed E-state index contributed by atoms with van der Waals surface area (Å²) in [4.78, 5) is 20.3. The summed E-state index contributed by atoms with van der Waals surface area (Å²) >= 11 is 0. The summed E-state index contributed by atoms with van der Waals surface area (Å²) in [6.45, 7) is 0.0657. The molecule has 62 valence electrons. The third-order valence-electron chi connectivity index (χ3n) is 1.13. The van der Waals surface area contributed by atoms with Gasteiger partial charge < -0.3 is 19.9 Å². The number of ether oxygens (including phenoxy) is 2. The third-order valence-corrected chi connectivity index (χ3v) is 1.13. The van der Waals surface area contributed by atoms with Gasteiger partial charge in [-0.15, -0.1) is 0 Å². The quantitative estimate of drug-likeness (QED) is 0.519. The average Bonchev–Trinajstić information content (AvgIpc) is 1.93. The van der Waals surface area contributed by atoms with Crippen molar-refractivity contribution in [2.24, 2.45) is 0 Å². The minimum absolute atomic E-state index is 0.0329. The van der Waals surface area contributed by atoms with Crippen LogP contribution in [0.25, 0.3) is 0 Å². The van der Waals surface area contributed by atoms with Crippen LogP contribution in [-0.4, -0.2) is 36.6 Å². The van der Waals surface area contributed by atoms with Crippen LogP contribution in [0.15, 0.2) is 0 Å². The molecular weight excluding hydrogens is 154 g/mol. The van der Waals surface area contributed by atoms with Gasteiger partial charge >= 0.3 is 12.2 Å². The zero-order valence-electron chi connectivity index (χ0n) is 5.57. The Morgan fingerprint density at radius 3 is 2.55 bits per heavy atom. The van der Waals surface area contributed by atoms with Crippen LogP contribution >= 0.6 is 0 Å². The molecule has 0 radical (unpaired) electrons. The van der Waals surface area contributed by atoms with Crippen molar-refractivity contribution in [2.45, 2.75) is 6.04 Å². The van der Waals surface area contributed by atoms with Crippen molar-refractivity contribution < 1.29 is 24.2 Å². The van der Waals surface area contributed by atoms with Gasteiger partial charge in [0, 0.05) is 0 Å². The molecule has 11 heavy (non-hydrogen) atoms. The van der Waals surface area contributed by atoms with E-state index >= 15 is 0 Å². The third kappa shape index (κ3) is 2.32. The van der Waals surface area contributed by atoms with Gasteiger partial charge in [0.2, 0.25) is 0 Å². The van der Waals surface area contributed by atoms with Crippen molar-refractivity contribution in [3.05, 3.63) is 0 Å². The number of carbonyl (C=O) groups excluding carboxylic acids is 1. The predicted molar refractivity (Wildman–Crippen MR) is 32.2 cm³/mol. The Morgan fingerprint density at radius 1 is 1.55 bits per heavy atom. The Bertz CT molecular complexity index is 170. The number of nitrogens with one attached hydrogen (secondary N) is 1. The molecule has 0 aromatic heterocycles. The topological polar surface area (TPSA) is 84.9 Å². The molecule has 1 rings (SSSR count). The number of cyclic esters (lactones) is 2. The van der Waals surface area contributed by atoms with E-state index in [9.17, 15) is 9.59 Å². The summed E-state index contributed by atoms with van der Waals surface area (Å²) in [5, 5.41) is 10.3. The lowest BCUT2D eigenvalue weighted by Crippen LogP contribution is -2.44. The van der Waals surface area contributed by atoms with Gasteiger partial charge in [-0.3, -0.25) is 0 Å². The summed E-state index contributed by atoms with van der Waals surface area (Å²) < 4.78 is 8.81. The van der Waals surface area contributed by atoms with E-state index < -0.39 is 18.3 Å². The Kier molecular flexibility index (Phi) is 2.15. The monoisotopic (exact) mass is 161 g/mol. The fraction of sp³-hybridized carbons (Fsp3) is 0.600. The van der Waals surface area contributed by atoms with E-state index in [0.29, 0.717) is 0 Å². The van der Waals surface area contributed by atoms with Crippen LogP contribution in [-0.2, 0) is 9.47 Å². The molecule has 0 bridgehead atoms. The fourth-order valence-electron chi connectivity index (χ4n) is 0.685. The van der Waals surface area contributed by atoms with Crippen LogP contribution in [0.1, 0.15) is 0 Å². The van der Waals surface area contributed by atoms with E-state index in [0.717, 1.165) is 0 Å². The van der Waals surface area contributed by atoms with Gasteiger partial charge in [-0.05, 0) is 0 Å². The second-order valence-corrected chi connectivity index (χ2v) is 2.02. The standard InChI is InChI=1S/C5H7NO5/c7-4(8)6-3-1-10-5(9)11-2-3/h3,6H,1-2H2,(H,7,8). The first-order valence-corrected chi connectivity index (χ1v) is 2.97. The van der Waals surface area contributed by atoms with Crippen molar-refractivity contribution >= 4 is 12.2 Å². The highest BCUT2D eigenvalue weighted by molar-refractivity contribution is 5.65. The first-order valence-electron chi connectivity index (χ1n) is 2.97. The lowest BCUT2D eigenvalue weighted by molar-refractivity contribution is 0.00162. The summed E-state index contributed by atoms with van der Waals surface area (Å²) in [5.74, 6) is 0. The van der Waals surface area contributed by atoms with Gasteiger partial charge in [-0.2, -0.15) is 0 Å². The summed E-state index contributed by atoms with van der Waals surface area (Å²) in [5.41, 5.74) is 0. The Labute approximate surface area is 62.1 Å². The second kappa shape index (κ2) is 3.09. The summed E-state index contributed by atoms with van der Waals surface area (Å²) in [6.07, 6.45) is -1.91. The molecule has 0 aliphatic carbocycles. The van der Waals surface area contributed by atoms with Crippen molar-refractivity contribution in [3.8, 4) is 0 Å². The summed E-state index contributed by atoms with van der Waals surface area (Å²) in [7, 11) is 0. The van der Waals surface area contributed by atoms with Gasteiger partial charge in [0.1, 0.15) is 19.3 Å². The largest absolute Gasteiger partial charge is 0.508 e. The number of carbonyl (C=O) groups is 2. The minimum atomic E-state index is -1.16. The molecule has 6 nitrogen and oxygen atoms in total. The second-order valence-electron chi connectivity index (χ2n) is 2.02. The van der Waals surface area contributed by atoms with Crippen molar-refractivity contribution in [3.63, 3.8) is 0 Å². The Morgan fingerprint density at radius 2 is 2.09 bits per heavy atom. The highest BCUT2D eigenvalue weighted by Gasteiger charge is 2.21. The SMILES string of the molecule is O=C(O)NC1COC(=O)OC1. The molecule has 1 saturated heterocycles. The van der Waals surface area contributed by atoms with E-state index in [1.807, 2.05) is 0 Å². The molecular formula is C5H7NO5. The smallest absolute Gasteiger partial charge is 0.465 e. The van der Waals surface area contributed by atoms with Crippen molar-refractivity contribution in [1.29, 1.82) is 0 Å². The molecule has 0 saturated carbocycles. The fourth-order valence-corrected chi connectivity index (χ4v) is 0.685. The zero-order valence-corrected chi connectivity index (χ0v) is 5.57. The Balaban J connectivity index is 2.28. The normalized spacial score (nSPS) is 18.4. The molecule has 0 aromatic rings. The first-order chi connectivity index (χ1) is 5.18. The van der Waals surface area contributed by atoms with Gasteiger partial charge in [-0.25, -0.2) is 9.59 Å². The average molecular weight is 161 g/mol. The lowest BCUT2D eigenvalue weighted by Gasteiger charge is -2.20. The molecule has 1 aliphatic heterocycles. The molecule has 1 amide bonds. The van der Waals surface area contributed by atoms with Crippen molar-refractivity contribution in [2.75, 3.05) is 13.2 Å². The van der Waals surface area contributed by atoms with Crippen LogP contribution in [0.2, 0.25) is 0 Å². The number of rotatable bonds is 1. The number of hydrogen-bond acceptors (Lipinski definition) is 4. The molecule has 0 spiro atoms. The Hall–Kier alpha value is -1.46. The number of amides is 1. The minimum Gasteiger partial charge on any atom is -0.465 e. The maximum absolute atomic E-state index is 10.3. The highest BCUT2D eigenvalue weighted by atomic mass is 16.7. The first kappa shape index (κ1) is 7.64. The van der Waals surface area contributed by atoms with Crippen molar-refractivity contribution in [1.82, 2.24) is 5.32 Å². The molecule has 1 aliphatic rings. The van der Waals surface area contributed by atoms with Crippen LogP contribution in [0.5, 0.6) is 0 Å². The van der Waals surface area contributed by atoms with Gasteiger partial charge in [0.25, 0.3) is 0 Å². The lowest BCUT2D eigenvalue weighted by atomic mass is 10.3. The number of hydrogen-bond donors (Lipinski definition) is 2. The number of carboxylic acid groups (broad SMARTS) is 1. The van der Waals surface area contributed by atoms with E-state index in [1.54, 1.807) is 0 Å². The predicted octanol–water partition coefficient (Wildman–Crippen LogP) is -0.211. The van der Waals surface area contributed by atoms with Gasteiger partial charge in [-0.1, -0.05) is 0 Å². The summed E-state index contributed by atoms with van der Waals surface area (Å²) in [6, 6.07) is -0.454. The highest BCUT2D eigenvalue weighted by Crippen LogP contribution is 1.98. The molecule has 0 atom stereocenters. The molecule has 6 heteroatoms. The zero-order chi connectivity index (χ0) is 8.27. The van der Waals surface area contributed by atoms with Crippen LogP contribution in [0, 0.1) is 0 Å². The molecule has 0 unspecified atom stereocenters. The van der Waals surface area contributed by atoms with E-state index in [1.165, 1.54) is 0 Å². The van der Waals surface area contributed by atoms with Crippen LogP contribution < -0.4 is 5.32 Å². The molecule has 1 fully saturated rings. The molecule has 0 aromatic carbocycles. The maximum Gasteiger partial charge on any atom is 0.508 e. The van der Waals surface area contributed by atoms with Gasteiger partial charge in [0.15, 0.2) is 0 Å². The molecule has 1 heterocycles. The van der Waals surface area contributed by atoms with E-state index in [4.69, 9.17) is 5.11 Å². The maximum atomic E-state index is 10.3. The molecule has 2 N–H and O–H groups in total. The van der Waals surface area contributed by atoms with Crippen LogP contribution in [0.4, 0.5) is 9.59 Å². The van der Waals surface area contributed by atoms with E-state index in [-0.39, 0.29) is 13.2 Å². The van der Waals surface area contributed by atoms with Gasteiger partial charge in [0.05, 0.1) is 0 Å².